The maximum absolute atomic E-state index is 6.73. The van der Waals surface area contributed by atoms with Crippen molar-refractivity contribution in [3.05, 3.63) is 133 Å². The van der Waals surface area contributed by atoms with Crippen molar-refractivity contribution in [2.24, 2.45) is 0 Å². The fourth-order valence-electron chi connectivity index (χ4n) is 6.54. The highest BCUT2D eigenvalue weighted by Gasteiger charge is 2.20. The van der Waals surface area contributed by atoms with Gasteiger partial charge in [0.15, 0.2) is 5.58 Å². The minimum atomic E-state index is 0.887. The molecule has 39 heavy (non-hydrogen) atoms. The van der Waals surface area contributed by atoms with Gasteiger partial charge in [-0.1, -0.05) is 91.0 Å². The summed E-state index contributed by atoms with van der Waals surface area (Å²) in [5.74, 6) is 0. The van der Waals surface area contributed by atoms with E-state index in [1.165, 1.54) is 43.6 Å². The molecule has 0 saturated carbocycles. The van der Waals surface area contributed by atoms with Gasteiger partial charge in [0.25, 0.3) is 0 Å². The summed E-state index contributed by atoms with van der Waals surface area (Å²) in [6, 6.07) is 47.4. The number of hydrogen-bond acceptors (Lipinski definition) is 1. The average Bonchev–Trinajstić information content (AvgIpc) is 3.65. The third-order valence-corrected chi connectivity index (χ3v) is 8.12. The van der Waals surface area contributed by atoms with Crippen LogP contribution in [0.25, 0.3) is 76.9 Å². The number of aromatic nitrogens is 2. The van der Waals surface area contributed by atoms with Crippen molar-refractivity contribution < 1.29 is 4.42 Å². The van der Waals surface area contributed by atoms with Gasteiger partial charge in [0.2, 0.25) is 0 Å². The van der Waals surface area contributed by atoms with Crippen LogP contribution < -0.4 is 0 Å². The molecule has 182 valence electrons. The second-order valence-electron chi connectivity index (χ2n) is 10.1. The van der Waals surface area contributed by atoms with Gasteiger partial charge >= 0.3 is 0 Å². The van der Waals surface area contributed by atoms with Gasteiger partial charge in [0.1, 0.15) is 5.58 Å². The summed E-state index contributed by atoms with van der Waals surface area (Å²) < 4.78 is 11.5. The van der Waals surface area contributed by atoms with E-state index in [1.807, 2.05) is 0 Å². The van der Waals surface area contributed by atoms with Crippen molar-refractivity contribution in [3.8, 4) is 11.4 Å². The predicted molar refractivity (Wildman–Crippen MR) is 162 cm³/mol. The Morgan fingerprint density at radius 1 is 0.359 bits per heavy atom. The molecule has 0 bridgehead atoms. The summed E-state index contributed by atoms with van der Waals surface area (Å²) in [6.45, 7) is 0. The highest BCUT2D eigenvalue weighted by Crippen LogP contribution is 2.41. The lowest BCUT2D eigenvalue weighted by molar-refractivity contribution is 0.666. The molecule has 9 aromatic rings. The molecular weight excluding hydrogens is 476 g/mol. The summed E-state index contributed by atoms with van der Waals surface area (Å²) in [5.41, 5.74) is 8.70. The second kappa shape index (κ2) is 7.62. The Morgan fingerprint density at radius 3 is 1.31 bits per heavy atom. The Kier molecular flexibility index (Phi) is 4.05. The number of para-hydroxylation sites is 5. The zero-order valence-electron chi connectivity index (χ0n) is 21.0. The molecule has 3 heteroatoms. The molecule has 9 rings (SSSR count). The van der Waals surface area contributed by atoms with E-state index in [2.05, 4.69) is 143 Å². The van der Waals surface area contributed by atoms with Crippen LogP contribution in [0.5, 0.6) is 0 Å². The summed E-state index contributed by atoms with van der Waals surface area (Å²) in [5, 5.41) is 7.23. The van der Waals surface area contributed by atoms with Crippen LogP contribution in [0.2, 0.25) is 0 Å². The molecule has 0 radical (unpaired) electrons. The number of hydrogen-bond donors (Lipinski definition) is 0. The maximum Gasteiger partial charge on any atom is 0.159 e. The normalized spacial score (nSPS) is 12.1. The lowest BCUT2D eigenvalue weighted by atomic mass is 10.1. The molecule has 0 aliphatic rings. The zero-order valence-corrected chi connectivity index (χ0v) is 21.0. The van der Waals surface area contributed by atoms with Gasteiger partial charge in [-0.3, -0.25) is 0 Å². The molecule has 0 atom stereocenters. The van der Waals surface area contributed by atoms with Crippen LogP contribution in [0.15, 0.2) is 138 Å². The zero-order chi connectivity index (χ0) is 25.5. The first-order valence-corrected chi connectivity index (χ1v) is 13.3. The highest BCUT2D eigenvalue weighted by molar-refractivity contribution is 6.16. The molecule has 3 heterocycles. The third-order valence-electron chi connectivity index (χ3n) is 8.12. The minimum Gasteiger partial charge on any atom is -0.454 e. The van der Waals surface area contributed by atoms with Crippen molar-refractivity contribution in [2.75, 3.05) is 0 Å². The van der Waals surface area contributed by atoms with E-state index in [1.54, 1.807) is 0 Å². The Bertz CT molecular complexity index is 2290. The van der Waals surface area contributed by atoms with Crippen LogP contribution in [-0.4, -0.2) is 9.13 Å². The SMILES string of the molecule is c1cc(-n2c3ccccc3c3ccccc32)c2c(c1)oc1c(-n3c4ccccc4c4ccccc43)cccc12. The van der Waals surface area contributed by atoms with Crippen molar-refractivity contribution in [2.45, 2.75) is 0 Å². The first kappa shape index (κ1) is 20.7. The number of fused-ring (bicyclic) bond motifs is 9. The van der Waals surface area contributed by atoms with E-state index in [9.17, 15) is 0 Å². The van der Waals surface area contributed by atoms with Crippen molar-refractivity contribution in [1.29, 1.82) is 0 Å². The Labute approximate surface area is 223 Å². The Balaban J connectivity index is 1.42. The molecule has 0 amide bonds. The van der Waals surface area contributed by atoms with Crippen LogP contribution in [-0.2, 0) is 0 Å². The quantitative estimate of drug-likeness (QED) is 0.233. The van der Waals surface area contributed by atoms with E-state index in [0.29, 0.717) is 0 Å². The third kappa shape index (κ3) is 2.71. The molecule has 3 aromatic heterocycles. The van der Waals surface area contributed by atoms with Crippen LogP contribution in [0, 0.1) is 0 Å². The predicted octanol–water partition coefficient (Wildman–Crippen LogP) is 9.78. The van der Waals surface area contributed by atoms with Crippen LogP contribution in [0.1, 0.15) is 0 Å². The van der Waals surface area contributed by atoms with Gasteiger partial charge < -0.3 is 13.6 Å². The topological polar surface area (TPSA) is 23.0 Å². The minimum absolute atomic E-state index is 0.887. The second-order valence-corrected chi connectivity index (χ2v) is 10.1. The van der Waals surface area contributed by atoms with Gasteiger partial charge in [-0.15, -0.1) is 0 Å². The monoisotopic (exact) mass is 498 g/mol. The van der Waals surface area contributed by atoms with E-state index in [4.69, 9.17) is 4.42 Å². The van der Waals surface area contributed by atoms with Gasteiger partial charge in [0, 0.05) is 26.9 Å². The van der Waals surface area contributed by atoms with E-state index >= 15 is 0 Å². The van der Waals surface area contributed by atoms with Crippen LogP contribution >= 0.6 is 0 Å². The molecular formula is C36H22N2O. The average molecular weight is 499 g/mol. The van der Waals surface area contributed by atoms with Gasteiger partial charge in [-0.05, 0) is 42.5 Å². The molecule has 0 aliphatic carbocycles. The molecule has 0 spiro atoms. The fraction of sp³-hybridized carbons (Fsp3) is 0. The lowest BCUT2D eigenvalue weighted by Gasteiger charge is -2.10. The molecule has 0 N–H and O–H groups in total. The smallest absolute Gasteiger partial charge is 0.159 e. The van der Waals surface area contributed by atoms with Gasteiger partial charge in [-0.2, -0.15) is 0 Å². The van der Waals surface area contributed by atoms with E-state index < -0.39 is 0 Å². The number of rotatable bonds is 2. The fourth-order valence-corrected chi connectivity index (χ4v) is 6.54. The summed E-state index contributed by atoms with van der Waals surface area (Å²) in [6.07, 6.45) is 0. The maximum atomic E-state index is 6.73. The van der Waals surface area contributed by atoms with Gasteiger partial charge in [0.05, 0.1) is 38.8 Å². The summed E-state index contributed by atoms with van der Waals surface area (Å²) >= 11 is 0. The largest absolute Gasteiger partial charge is 0.454 e. The Hall–Kier alpha value is -5.28. The lowest BCUT2D eigenvalue weighted by Crippen LogP contribution is -1.95. The first-order valence-electron chi connectivity index (χ1n) is 13.3. The number of nitrogens with zero attached hydrogens (tertiary/aromatic N) is 2. The van der Waals surface area contributed by atoms with Gasteiger partial charge in [-0.25, -0.2) is 0 Å². The van der Waals surface area contributed by atoms with Crippen molar-refractivity contribution >= 4 is 65.6 Å². The molecule has 3 nitrogen and oxygen atoms in total. The number of furan rings is 1. The molecule has 0 fully saturated rings. The standard InChI is InChI=1S/C36H22N2O/c1-5-16-28-23(11-1)24-12-2-6-17-29(24)37(28)32-20-10-22-34-35(32)27-15-9-21-33(36(27)39-34)38-30-18-7-3-13-25(30)26-14-4-8-19-31(26)38/h1-22H. The first-order chi connectivity index (χ1) is 19.4. The molecule has 6 aromatic carbocycles. The van der Waals surface area contributed by atoms with Crippen LogP contribution in [0.4, 0.5) is 0 Å². The molecule has 0 unspecified atom stereocenters. The van der Waals surface area contributed by atoms with E-state index in [-0.39, 0.29) is 0 Å². The molecule has 0 aliphatic heterocycles. The highest BCUT2D eigenvalue weighted by atomic mass is 16.3. The van der Waals surface area contributed by atoms with E-state index in [0.717, 1.165) is 33.3 Å². The van der Waals surface area contributed by atoms with Crippen molar-refractivity contribution in [1.82, 2.24) is 9.13 Å². The van der Waals surface area contributed by atoms with Crippen molar-refractivity contribution in [3.63, 3.8) is 0 Å². The molecule has 0 saturated heterocycles. The Morgan fingerprint density at radius 2 is 0.769 bits per heavy atom. The summed E-state index contributed by atoms with van der Waals surface area (Å²) in [4.78, 5) is 0. The number of benzene rings is 6. The van der Waals surface area contributed by atoms with Crippen LogP contribution in [0.3, 0.4) is 0 Å². The summed E-state index contributed by atoms with van der Waals surface area (Å²) in [7, 11) is 0.